The first-order valence-electron chi connectivity index (χ1n) is 6.16. The zero-order valence-electron chi connectivity index (χ0n) is 11.3. The molecule has 1 fully saturated rings. The van der Waals surface area contributed by atoms with E-state index in [2.05, 4.69) is 5.32 Å². The van der Waals surface area contributed by atoms with E-state index in [9.17, 15) is 13.2 Å². The summed E-state index contributed by atoms with van der Waals surface area (Å²) in [7, 11) is -0.443. The summed E-state index contributed by atoms with van der Waals surface area (Å²) < 4.78 is 24.9. The molecular weight excluding hydrogens is 264 g/mol. The van der Waals surface area contributed by atoms with Crippen LogP contribution in [0.15, 0.2) is 29.2 Å². The molecule has 0 spiro atoms. The number of hydrogen-bond donors (Lipinski definition) is 1. The van der Waals surface area contributed by atoms with Crippen molar-refractivity contribution in [1.29, 1.82) is 0 Å². The lowest BCUT2D eigenvalue weighted by molar-refractivity contribution is -0.117. The first-order chi connectivity index (χ1) is 8.82. The van der Waals surface area contributed by atoms with Crippen molar-refractivity contribution < 1.29 is 13.2 Å². The number of anilines is 1. The number of benzene rings is 1. The molecule has 0 heterocycles. The molecule has 0 unspecified atom stereocenters. The van der Waals surface area contributed by atoms with Gasteiger partial charge in [0, 0.05) is 25.7 Å². The Bertz CT molecular complexity index is 578. The lowest BCUT2D eigenvalue weighted by Crippen LogP contribution is -2.22. The van der Waals surface area contributed by atoms with Gasteiger partial charge in [0.05, 0.1) is 4.90 Å². The standard InChI is InChI=1S/C13H18N2O3S/c1-9-8-12(9)13(16)14-10-4-6-11(7-5-10)19(17,18)15(2)3/h4-7,9,12H,8H2,1-3H3,(H,14,16)/t9-,12+/m0/s1. The minimum atomic E-state index is -3.41. The first kappa shape index (κ1) is 14.0. The molecule has 19 heavy (non-hydrogen) atoms. The smallest absolute Gasteiger partial charge is 0.242 e. The fourth-order valence-electron chi connectivity index (χ4n) is 1.84. The van der Waals surface area contributed by atoms with E-state index in [0.29, 0.717) is 11.6 Å². The largest absolute Gasteiger partial charge is 0.326 e. The van der Waals surface area contributed by atoms with Gasteiger partial charge in [0.2, 0.25) is 15.9 Å². The van der Waals surface area contributed by atoms with Crippen LogP contribution < -0.4 is 5.32 Å². The van der Waals surface area contributed by atoms with E-state index in [4.69, 9.17) is 0 Å². The van der Waals surface area contributed by atoms with Crippen LogP contribution in [0.2, 0.25) is 0 Å². The topological polar surface area (TPSA) is 66.5 Å². The van der Waals surface area contributed by atoms with Crippen molar-refractivity contribution in [3.63, 3.8) is 0 Å². The van der Waals surface area contributed by atoms with E-state index in [0.717, 1.165) is 10.7 Å². The van der Waals surface area contributed by atoms with Crippen LogP contribution in [0.4, 0.5) is 5.69 Å². The van der Waals surface area contributed by atoms with Gasteiger partial charge in [-0.3, -0.25) is 4.79 Å². The number of nitrogens with one attached hydrogen (secondary N) is 1. The Kier molecular flexibility index (Phi) is 3.64. The average Bonchev–Trinajstić information content (AvgIpc) is 3.07. The molecule has 5 nitrogen and oxygen atoms in total. The molecule has 0 aliphatic heterocycles. The maximum Gasteiger partial charge on any atom is 0.242 e. The molecule has 0 radical (unpaired) electrons. The Hall–Kier alpha value is -1.40. The second kappa shape index (κ2) is 4.94. The molecule has 1 saturated carbocycles. The van der Waals surface area contributed by atoms with E-state index in [1.54, 1.807) is 12.1 Å². The molecule has 1 aromatic carbocycles. The van der Waals surface area contributed by atoms with Gasteiger partial charge in [-0.1, -0.05) is 6.92 Å². The lowest BCUT2D eigenvalue weighted by atomic mass is 10.3. The summed E-state index contributed by atoms with van der Waals surface area (Å²) in [5, 5.41) is 2.79. The monoisotopic (exact) mass is 282 g/mol. The SMILES string of the molecule is C[C@H]1C[C@H]1C(=O)Nc1ccc(S(=O)(=O)N(C)C)cc1. The molecule has 0 saturated heterocycles. The van der Waals surface area contributed by atoms with Crippen molar-refractivity contribution in [2.45, 2.75) is 18.2 Å². The molecule has 6 heteroatoms. The fourth-order valence-corrected chi connectivity index (χ4v) is 2.75. The van der Waals surface area contributed by atoms with E-state index in [1.165, 1.54) is 26.2 Å². The van der Waals surface area contributed by atoms with Crippen LogP contribution >= 0.6 is 0 Å². The molecule has 1 aliphatic carbocycles. The van der Waals surface area contributed by atoms with Crippen LogP contribution in [0.5, 0.6) is 0 Å². The Labute approximate surface area is 113 Å². The number of carbonyl (C=O) groups excluding carboxylic acids is 1. The second-order valence-electron chi connectivity index (χ2n) is 5.12. The van der Waals surface area contributed by atoms with Crippen molar-refractivity contribution in [1.82, 2.24) is 4.31 Å². The van der Waals surface area contributed by atoms with Crippen molar-refractivity contribution in [2.24, 2.45) is 11.8 Å². The molecule has 0 aromatic heterocycles. The predicted octanol–water partition coefficient (Wildman–Crippen LogP) is 1.53. The molecule has 2 atom stereocenters. The summed E-state index contributed by atoms with van der Waals surface area (Å²) in [5.74, 6) is 0.564. The van der Waals surface area contributed by atoms with Crippen molar-refractivity contribution in [3.8, 4) is 0 Å². The van der Waals surface area contributed by atoms with Gasteiger partial charge < -0.3 is 5.32 Å². The highest BCUT2D eigenvalue weighted by atomic mass is 32.2. The number of nitrogens with zero attached hydrogens (tertiary/aromatic N) is 1. The summed E-state index contributed by atoms with van der Waals surface area (Å²) in [4.78, 5) is 12.0. The van der Waals surface area contributed by atoms with Crippen LogP contribution in [-0.4, -0.2) is 32.7 Å². The Morgan fingerprint density at radius 1 is 1.26 bits per heavy atom. The Balaban J connectivity index is 2.09. The van der Waals surface area contributed by atoms with Crippen molar-refractivity contribution in [3.05, 3.63) is 24.3 Å². The van der Waals surface area contributed by atoms with Gasteiger partial charge in [-0.25, -0.2) is 12.7 Å². The number of hydrogen-bond acceptors (Lipinski definition) is 3. The van der Waals surface area contributed by atoms with Gasteiger partial charge in [0.25, 0.3) is 0 Å². The van der Waals surface area contributed by atoms with E-state index in [-0.39, 0.29) is 16.7 Å². The van der Waals surface area contributed by atoms with Crippen LogP contribution in [0.3, 0.4) is 0 Å². The summed E-state index contributed by atoms with van der Waals surface area (Å²) in [5.41, 5.74) is 0.627. The average molecular weight is 282 g/mol. The quantitative estimate of drug-likeness (QED) is 0.910. The number of carbonyl (C=O) groups is 1. The normalized spacial score (nSPS) is 22.3. The second-order valence-corrected chi connectivity index (χ2v) is 7.27. The highest BCUT2D eigenvalue weighted by Gasteiger charge is 2.39. The van der Waals surface area contributed by atoms with Crippen LogP contribution in [-0.2, 0) is 14.8 Å². The van der Waals surface area contributed by atoms with E-state index in [1.807, 2.05) is 6.92 Å². The number of amides is 1. The molecule has 0 bridgehead atoms. The Morgan fingerprint density at radius 3 is 2.21 bits per heavy atom. The zero-order chi connectivity index (χ0) is 14.2. The first-order valence-corrected chi connectivity index (χ1v) is 7.60. The highest BCUT2D eigenvalue weighted by molar-refractivity contribution is 7.89. The van der Waals surface area contributed by atoms with Gasteiger partial charge in [-0.15, -0.1) is 0 Å². The predicted molar refractivity (Wildman–Crippen MR) is 73.2 cm³/mol. The van der Waals surface area contributed by atoms with E-state index >= 15 is 0 Å². The number of rotatable bonds is 4. The molecule has 1 aliphatic rings. The Morgan fingerprint density at radius 2 is 1.79 bits per heavy atom. The third-order valence-corrected chi connectivity index (χ3v) is 5.18. The molecular formula is C13H18N2O3S. The van der Waals surface area contributed by atoms with Gasteiger partial charge in [0.15, 0.2) is 0 Å². The van der Waals surface area contributed by atoms with E-state index < -0.39 is 10.0 Å². The summed E-state index contributed by atoms with van der Waals surface area (Å²) in [6.45, 7) is 2.04. The molecule has 1 N–H and O–H groups in total. The summed E-state index contributed by atoms with van der Waals surface area (Å²) in [6, 6.07) is 6.23. The minimum Gasteiger partial charge on any atom is -0.326 e. The molecule has 2 rings (SSSR count). The maximum atomic E-state index is 11.9. The number of sulfonamides is 1. The summed E-state index contributed by atoms with van der Waals surface area (Å²) in [6.07, 6.45) is 0.929. The molecule has 1 aromatic rings. The van der Waals surface area contributed by atoms with Crippen LogP contribution in [0.1, 0.15) is 13.3 Å². The highest BCUT2D eigenvalue weighted by Crippen LogP contribution is 2.38. The van der Waals surface area contributed by atoms with Crippen molar-refractivity contribution >= 4 is 21.6 Å². The molecule has 1 amide bonds. The third kappa shape index (κ3) is 2.96. The van der Waals surface area contributed by atoms with Crippen molar-refractivity contribution in [2.75, 3.05) is 19.4 Å². The van der Waals surface area contributed by atoms with Gasteiger partial charge >= 0.3 is 0 Å². The molecule has 104 valence electrons. The van der Waals surface area contributed by atoms with Gasteiger partial charge in [-0.05, 0) is 36.6 Å². The zero-order valence-corrected chi connectivity index (χ0v) is 12.1. The third-order valence-electron chi connectivity index (χ3n) is 3.35. The fraction of sp³-hybridized carbons (Fsp3) is 0.462. The van der Waals surface area contributed by atoms with Crippen LogP contribution in [0.25, 0.3) is 0 Å². The minimum absolute atomic E-state index is 0.00992. The van der Waals surface area contributed by atoms with Gasteiger partial charge in [0.1, 0.15) is 0 Å². The van der Waals surface area contributed by atoms with Crippen LogP contribution in [0, 0.1) is 11.8 Å². The maximum absolute atomic E-state index is 11.9. The lowest BCUT2D eigenvalue weighted by Gasteiger charge is -2.12. The van der Waals surface area contributed by atoms with Gasteiger partial charge in [-0.2, -0.15) is 0 Å². The summed E-state index contributed by atoms with van der Waals surface area (Å²) >= 11 is 0.